The number of methoxy groups -OCH3 is 1. The van der Waals surface area contributed by atoms with E-state index in [2.05, 4.69) is 0 Å². The monoisotopic (exact) mass is 260 g/mol. The van der Waals surface area contributed by atoms with E-state index in [1.807, 2.05) is 6.07 Å². The Morgan fingerprint density at radius 1 is 1.42 bits per heavy atom. The fraction of sp³-hybridized carbons (Fsp3) is 0.214. The number of benzene rings is 1. The Morgan fingerprint density at radius 3 is 2.84 bits per heavy atom. The summed E-state index contributed by atoms with van der Waals surface area (Å²) in [5.41, 5.74) is 7.63. The zero-order valence-corrected chi connectivity index (χ0v) is 10.9. The van der Waals surface area contributed by atoms with Crippen molar-refractivity contribution in [2.45, 2.75) is 6.54 Å². The van der Waals surface area contributed by atoms with E-state index in [4.69, 9.17) is 14.9 Å². The van der Waals surface area contributed by atoms with Gasteiger partial charge in [0.05, 0.1) is 25.2 Å². The first-order chi connectivity index (χ1) is 9.11. The van der Waals surface area contributed by atoms with Crippen LogP contribution in [-0.2, 0) is 6.54 Å². The van der Waals surface area contributed by atoms with Gasteiger partial charge < -0.3 is 19.8 Å². The summed E-state index contributed by atoms with van der Waals surface area (Å²) in [5, 5.41) is 0. The van der Waals surface area contributed by atoms with E-state index in [1.165, 1.54) is 0 Å². The number of carbonyl (C=O) groups excluding carboxylic acids is 1. The fourth-order valence-electron chi connectivity index (χ4n) is 1.78. The van der Waals surface area contributed by atoms with Crippen LogP contribution in [0.5, 0.6) is 5.75 Å². The normalized spacial score (nSPS) is 10.2. The summed E-state index contributed by atoms with van der Waals surface area (Å²) < 4.78 is 10.1. The molecular weight excluding hydrogens is 244 g/mol. The highest BCUT2D eigenvalue weighted by Gasteiger charge is 2.16. The second kappa shape index (κ2) is 5.48. The first-order valence-electron chi connectivity index (χ1n) is 5.82. The summed E-state index contributed by atoms with van der Waals surface area (Å²) in [7, 11) is 3.27. The van der Waals surface area contributed by atoms with Crippen molar-refractivity contribution in [3.05, 3.63) is 47.9 Å². The maximum Gasteiger partial charge on any atom is 0.256 e. The number of hydrogen-bond acceptors (Lipinski definition) is 4. The molecule has 0 radical (unpaired) electrons. The Bertz CT molecular complexity index is 564. The Morgan fingerprint density at radius 2 is 2.21 bits per heavy atom. The van der Waals surface area contributed by atoms with Crippen LogP contribution in [0.1, 0.15) is 15.9 Å². The van der Waals surface area contributed by atoms with Crippen molar-refractivity contribution in [2.75, 3.05) is 19.9 Å². The first-order valence-corrected chi connectivity index (χ1v) is 5.82. The molecule has 1 amide bonds. The number of nitrogens with two attached hydrogens (primary N) is 1. The van der Waals surface area contributed by atoms with E-state index in [0.717, 1.165) is 5.56 Å². The average molecular weight is 260 g/mol. The lowest BCUT2D eigenvalue weighted by Gasteiger charge is -2.17. The minimum Gasteiger partial charge on any atom is -0.497 e. The van der Waals surface area contributed by atoms with Gasteiger partial charge in [-0.25, -0.2) is 0 Å². The quantitative estimate of drug-likeness (QED) is 0.855. The number of anilines is 1. The van der Waals surface area contributed by atoms with Gasteiger partial charge in [0, 0.05) is 24.8 Å². The van der Waals surface area contributed by atoms with Gasteiger partial charge in [-0.05, 0) is 24.3 Å². The summed E-state index contributed by atoms with van der Waals surface area (Å²) in [6, 6.07) is 6.85. The van der Waals surface area contributed by atoms with E-state index in [-0.39, 0.29) is 5.91 Å². The molecule has 2 rings (SSSR count). The van der Waals surface area contributed by atoms with Gasteiger partial charge in [-0.3, -0.25) is 4.79 Å². The lowest BCUT2D eigenvalue weighted by atomic mass is 10.1. The van der Waals surface area contributed by atoms with Crippen LogP contribution in [0.2, 0.25) is 0 Å². The van der Waals surface area contributed by atoms with Crippen LogP contribution < -0.4 is 10.5 Å². The van der Waals surface area contributed by atoms with Gasteiger partial charge in [-0.1, -0.05) is 0 Å². The maximum atomic E-state index is 12.3. The van der Waals surface area contributed by atoms with Crippen LogP contribution in [-0.4, -0.2) is 25.0 Å². The third-order valence-electron chi connectivity index (χ3n) is 2.84. The van der Waals surface area contributed by atoms with Crippen molar-refractivity contribution in [1.82, 2.24) is 4.90 Å². The molecule has 2 aromatic rings. The number of carbonyl (C=O) groups is 1. The summed E-state index contributed by atoms with van der Waals surface area (Å²) >= 11 is 0. The fourth-order valence-corrected chi connectivity index (χ4v) is 1.78. The predicted molar refractivity (Wildman–Crippen MR) is 71.9 cm³/mol. The second-order valence-corrected chi connectivity index (χ2v) is 4.25. The van der Waals surface area contributed by atoms with Crippen molar-refractivity contribution in [1.29, 1.82) is 0 Å². The number of furan rings is 1. The van der Waals surface area contributed by atoms with Crippen molar-refractivity contribution in [2.24, 2.45) is 0 Å². The molecular formula is C14H16N2O3. The smallest absolute Gasteiger partial charge is 0.256 e. The molecule has 1 heterocycles. The molecule has 1 aromatic heterocycles. The van der Waals surface area contributed by atoms with Crippen LogP contribution in [0.25, 0.3) is 0 Å². The van der Waals surface area contributed by atoms with Crippen molar-refractivity contribution >= 4 is 11.6 Å². The first kappa shape index (κ1) is 13.0. The summed E-state index contributed by atoms with van der Waals surface area (Å²) in [4.78, 5) is 13.9. The molecule has 19 heavy (non-hydrogen) atoms. The summed E-state index contributed by atoms with van der Waals surface area (Å²) in [5.74, 6) is 0.451. The van der Waals surface area contributed by atoms with Gasteiger partial charge in [0.25, 0.3) is 5.91 Å². The minimum atomic E-state index is -0.155. The SMILES string of the molecule is COc1ccc(N)c(C(=O)N(C)Cc2ccoc2)c1. The zero-order chi connectivity index (χ0) is 13.8. The van der Waals surface area contributed by atoms with Crippen molar-refractivity contribution in [3.8, 4) is 5.75 Å². The zero-order valence-electron chi connectivity index (χ0n) is 10.9. The molecule has 0 saturated carbocycles. The molecule has 0 aliphatic carbocycles. The highest BCUT2D eigenvalue weighted by atomic mass is 16.5. The highest BCUT2D eigenvalue weighted by Crippen LogP contribution is 2.21. The van der Waals surface area contributed by atoms with Crippen molar-refractivity contribution < 1.29 is 13.9 Å². The predicted octanol–water partition coefficient (Wildman–Crippen LogP) is 2.14. The third-order valence-corrected chi connectivity index (χ3v) is 2.84. The second-order valence-electron chi connectivity index (χ2n) is 4.25. The van der Waals surface area contributed by atoms with Gasteiger partial charge in [-0.15, -0.1) is 0 Å². The molecule has 0 saturated heterocycles. The summed E-state index contributed by atoms with van der Waals surface area (Å²) in [6.45, 7) is 0.464. The highest BCUT2D eigenvalue weighted by molar-refractivity contribution is 5.99. The molecule has 0 unspecified atom stereocenters. The number of nitrogen functional groups attached to an aromatic ring is 1. The van der Waals surface area contributed by atoms with Crippen LogP contribution in [0.3, 0.4) is 0 Å². The van der Waals surface area contributed by atoms with Crippen LogP contribution >= 0.6 is 0 Å². The molecule has 5 heteroatoms. The molecule has 5 nitrogen and oxygen atoms in total. The third kappa shape index (κ3) is 2.88. The molecule has 0 bridgehead atoms. The number of nitrogens with zero attached hydrogens (tertiary/aromatic N) is 1. The Labute approximate surface area is 111 Å². The standard InChI is InChI=1S/C14H16N2O3/c1-16(8-10-5-6-19-9-10)14(17)12-7-11(18-2)3-4-13(12)15/h3-7,9H,8,15H2,1-2H3. The molecule has 0 spiro atoms. The van der Waals surface area contributed by atoms with E-state index in [0.29, 0.717) is 23.5 Å². The van der Waals surface area contributed by atoms with Gasteiger partial charge in [0.2, 0.25) is 0 Å². The topological polar surface area (TPSA) is 68.7 Å². The molecule has 2 N–H and O–H groups in total. The average Bonchev–Trinajstić information content (AvgIpc) is 2.91. The molecule has 1 aromatic carbocycles. The van der Waals surface area contributed by atoms with Crippen LogP contribution in [0.15, 0.2) is 41.2 Å². The van der Waals surface area contributed by atoms with E-state index >= 15 is 0 Å². The van der Waals surface area contributed by atoms with E-state index in [1.54, 1.807) is 49.8 Å². The lowest BCUT2D eigenvalue weighted by Crippen LogP contribution is -2.26. The molecule has 100 valence electrons. The maximum absolute atomic E-state index is 12.3. The minimum absolute atomic E-state index is 0.155. The lowest BCUT2D eigenvalue weighted by molar-refractivity contribution is 0.0785. The van der Waals surface area contributed by atoms with Crippen LogP contribution in [0.4, 0.5) is 5.69 Å². The Hall–Kier alpha value is -2.43. The van der Waals surface area contributed by atoms with E-state index < -0.39 is 0 Å². The molecule has 0 fully saturated rings. The Kier molecular flexibility index (Phi) is 3.75. The molecule has 0 aliphatic heterocycles. The molecule has 0 aliphatic rings. The number of amides is 1. The number of ether oxygens (including phenoxy) is 1. The van der Waals surface area contributed by atoms with E-state index in [9.17, 15) is 4.79 Å². The Balaban J connectivity index is 2.18. The van der Waals surface area contributed by atoms with Crippen LogP contribution in [0, 0.1) is 0 Å². The molecule has 0 atom stereocenters. The number of rotatable bonds is 4. The van der Waals surface area contributed by atoms with Crippen molar-refractivity contribution in [3.63, 3.8) is 0 Å². The van der Waals surface area contributed by atoms with Gasteiger partial charge in [0.15, 0.2) is 0 Å². The number of hydrogen-bond donors (Lipinski definition) is 1. The van der Waals surface area contributed by atoms with Gasteiger partial charge in [-0.2, -0.15) is 0 Å². The van der Waals surface area contributed by atoms with Gasteiger partial charge >= 0.3 is 0 Å². The largest absolute Gasteiger partial charge is 0.497 e. The summed E-state index contributed by atoms with van der Waals surface area (Å²) in [6.07, 6.45) is 3.19. The van der Waals surface area contributed by atoms with Gasteiger partial charge in [0.1, 0.15) is 5.75 Å².